The maximum Gasteiger partial charge on any atom is 0.138 e. The molecule has 1 unspecified atom stereocenters. The Bertz CT molecular complexity index is 238. The van der Waals surface area contributed by atoms with E-state index in [1.54, 1.807) is 0 Å². The zero-order valence-electron chi connectivity index (χ0n) is 15.2. The second kappa shape index (κ2) is 17.0. The predicted molar refractivity (Wildman–Crippen MR) is 96.2 cm³/mol. The van der Waals surface area contributed by atoms with Gasteiger partial charge < -0.3 is 5.11 Å². The van der Waals surface area contributed by atoms with E-state index in [-0.39, 0.29) is 12.5 Å². The number of unbranched alkanes of at least 4 members (excludes halogenated alkanes) is 11. The summed E-state index contributed by atoms with van der Waals surface area (Å²) in [5.74, 6) is 0.205. The molecule has 0 aromatic heterocycles. The molecule has 0 aromatic rings. The van der Waals surface area contributed by atoms with Crippen LogP contribution in [0.1, 0.15) is 110 Å². The number of ketones is 1. The fourth-order valence-corrected chi connectivity index (χ4v) is 2.99. The standard InChI is InChI=1S/C20H40O2/c1-3-5-7-9-11-13-15-17-20(22)19(18-21)16-14-12-10-8-6-4-2/h19,21H,3-18H2,1-2H3. The lowest BCUT2D eigenvalue weighted by molar-refractivity contribution is -0.124. The van der Waals surface area contributed by atoms with Crippen molar-refractivity contribution in [2.24, 2.45) is 5.92 Å². The number of Topliss-reactive ketones (excluding diaryl/α,β-unsaturated/α-hetero) is 1. The molecule has 0 amide bonds. The van der Waals surface area contributed by atoms with Crippen molar-refractivity contribution in [3.63, 3.8) is 0 Å². The van der Waals surface area contributed by atoms with Crippen molar-refractivity contribution in [1.29, 1.82) is 0 Å². The number of carbonyl (C=O) groups is 1. The van der Waals surface area contributed by atoms with Crippen LogP contribution in [0.25, 0.3) is 0 Å². The van der Waals surface area contributed by atoms with Crippen LogP contribution in [0.3, 0.4) is 0 Å². The van der Waals surface area contributed by atoms with Crippen LogP contribution < -0.4 is 0 Å². The molecule has 0 saturated carbocycles. The second-order valence-corrected chi connectivity index (χ2v) is 6.77. The summed E-state index contributed by atoms with van der Waals surface area (Å²) in [4.78, 5) is 12.1. The highest BCUT2D eigenvalue weighted by atomic mass is 16.3. The largest absolute Gasteiger partial charge is 0.396 e. The number of carbonyl (C=O) groups excluding carboxylic acids is 1. The molecule has 1 atom stereocenters. The zero-order chi connectivity index (χ0) is 16.5. The van der Waals surface area contributed by atoms with Crippen LogP contribution in [0.2, 0.25) is 0 Å². The SMILES string of the molecule is CCCCCCCCCC(=O)C(CO)CCCCCCCC. The molecule has 0 aliphatic heterocycles. The van der Waals surface area contributed by atoms with Crippen molar-refractivity contribution >= 4 is 5.78 Å². The Hall–Kier alpha value is -0.370. The summed E-state index contributed by atoms with van der Waals surface area (Å²) in [6, 6.07) is 0. The Labute approximate surface area is 139 Å². The number of hydrogen-bond donors (Lipinski definition) is 1. The molecule has 0 aromatic carbocycles. The van der Waals surface area contributed by atoms with E-state index >= 15 is 0 Å². The minimum Gasteiger partial charge on any atom is -0.396 e. The molecular formula is C20H40O2. The number of rotatable bonds is 17. The minimum absolute atomic E-state index is 0.0459. The molecule has 0 aliphatic carbocycles. The first-order chi connectivity index (χ1) is 10.8. The maximum absolute atomic E-state index is 12.1. The summed E-state index contributed by atoms with van der Waals surface area (Å²) in [7, 11) is 0. The van der Waals surface area contributed by atoms with E-state index in [0.717, 1.165) is 19.3 Å². The summed E-state index contributed by atoms with van der Waals surface area (Å²) < 4.78 is 0. The van der Waals surface area contributed by atoms with E-state index in [1.807, 2.05) is 0 Å². The predicted octanol–water partition coefficient (Wildman–Crippen LogP) is 6.06. The van der Waals surface area contributed by atoms with E-state index in [2.05, 4.69) is 13.8 Å². The van der Waals surface area contributed by atoms with Gasteiger partial charge in [-0.15, -0.1) is 0 Å². The molecule has 1 N–H and O–H groups in total. The van der Waals surface area contributed by atoms with Gasteiger partial charge >= 0.3 is 0 Å². The van der Waals surface area contributed by atoms with Crippen LogP contribution >= 0.6 is 0 Å². The molecule has 0 heterocycles. The van der Waals surface area contributed by atoms with Crippen molar-refractivity contribution in [2.45, 2.75) is 110 Å². The molecule has 0 aliphatic rings. The van der Waals surface area contributed by atoms with Crippen LogP contribution in [-0.2, 0) is 4.79 Å². The molecule has 0 spiro atoms. The Kier molecular flexibility index (Phi) is 16.7. The number of hydrogen-bond acceptors (Lipinski definition) is 2. The Morgan fingerprint density at radius 2 is 1.18 bits per heavy atom. The van der Waals surface area contributed by atoms with Gasteiger partial charge in [-0.05, 0) is 12.8 Å². The van der Waals surface area contributed by atoms with E-state index in [9.17, 15) is 9.90 Å². The zero-order valence-corrected chi connectivity index (χ0v) is 15.2. The lowest BCUT2D eigenvalue weighted by atomic mass is 9.93. The van der Waals surface area contributed by atoms with Gasteiger partial charge in [0.05, 0.1) is 6.61 Å². The van der Waals surface area contributed by atoms with Gasteiger partial charge in [0.25, 0.3) is 0 Å². The highest BCUT2D eigenvalue weighted by Gasteiger charge is 2.16. The highest BCUT2D eigenvalue weighted by molar-refractivity contribution is 5.81. The van der Waals surface area contributed by atoms with Gasteiger partial charge in [-0.2, -0.15) is 0 Å². The molecule has 132 valence electrons. The van der Waals surface area contributed by atoms with E-state index < -0.39 is 0 Å². The molecule has 0 fully saturated rings. The van der Waals surface area contributed by atoms with Crippen LogP contribution in [0.15, 0.2) is 0 Å². The Morgan fingerprint density at radius 3 is 1.68 bits per heavy atom. The van der Waals surface area contributed by atoms with Crippen LogP contribution in [-0.4, -0.2) is 17.5 Å². The molecular weight excluding hydrogens is 272 g/mol. The highest BCUT2D eigenvalue weighted by Crippen LogP contribution is 2.16. The average Bonchev–Trinajstić information content (AvgIpc) is 2.53. The van der Waals surface area contributed by atoms with Crippen molar-refractivity contribution < 1.29 is 9.90 Å². The third-order valence-electron chi connectivity index (χ3n) is 4.61. The van der Waals surface area contributed by atoms with Crippen molar-refractivity contribution in [3.05, 3.63) is 0 Å². The third kappa shape index (κ3) is 13.3. The summed E-state index contributed by atoms with van der Waals surface area (Å²) in [5, 5.41) is 9.42. The Balaban J connectivity index is 3.55. The number of aliphatic hydroxyl groups excluding tert-OH is 1. The summed E-state index contributed by atoms with van der Waals surface area (Å²) >= 11 is 0. The Morgan fingerprint density at radius 1 is 0.727 bits per heavy atom. The third-order valence-corrected chi connectivity index (χ3v) is 4.61. The topological polar surface area (TPSA) is 37.3 Å². The van der Waals surface area contributed by atoms with Gasteiger partial charge in [0.15, 0.2) is 0 Å². The summed E-state index contributed by atoms with van der Waals surface area (Å²) in [5.41, 5.74) is 0. The maximum atomic E-state index is 12.1. The fraction of sp³-hybridized carbons (Fsp3) is 0.950. The van der Waals surface area contributed by atoms with Crippen LogP contribution in [0.5, 0.6) is 0 Å². The molecule has 0 saturated heterocycles. The van der Waals surface area contributed by atoms with Gasteiger partial charge in [-0.25, -0.2) is 0 Å². The summed E-state index contributed by atoms with van der Waals surface area (Å²) in [6.45, 7) is 4.51. The van der Waals surface area contributed by atoms with Gasteiger partial charge in [-0.1, -0.05) is 90.9 Å². The molecule has 22 heavy (non-hydrogen) atoms. The number of aliphatic hydroxyl groups is 1. The minimum atomic E-state index is -0.0914. The van der Waals surface area contributed by atoms with Crippen LogP contribution in [0, 0.1) is 5.92 Å². The van der Waals surface area contributed by atoms with Gasteiger partial charge in [0.1, 0.15) is 5.78 Å². The lowest BCUT2D eigenvalue weighted by Crippen LogP contribution is -2.18. The van der Waals surface area contributed by atoms with Gasteiger partial charge in [0, 0.05) is 12.3 Å². The molecule has 0 bridgehead atoms. The molecule has 2 heteroatoms. The van der Waals surface area contributed by atoms with E-state index in [4.69, 9.17) is 0 Å². The molecule has 0 rings (SSSR count). The molecule has 2 nitrogen and oxygen atoms in total. The van der Waals surface area contributed by atoms with E-state index in [1.165, 1.54) is 70.6 Å². The van der Waals surface area contributed by atoms with Gasteiger partial charge in [0.2, 0.25) is 0 Å². The van der Waals surface area contributed by atoms with Crippen molar-refractivity contribution in [3.8, 4) is 0 Å². The van der Waals surface area contributed by atoms with Crippen LogP contribution in [0.4, 0.5) is 0 Å². The quantitative estimate of drug-likeness (QED) is 0.332. The molecule has 0 radical (unpaired) electrons. The fourth-order valence-electron chi connectivity index (χ4n) is 2.99. The second-order valence-electron chi connectivity index (χ2n) is 6.77. The first kappa shape index (κ1) is 21.6. The van der Waals surface area contributed by atoms with Crippen molar-refractivity contribution in [1.82, 2.24) is 0 Å². The lowest BCUT2D eigenvalue weighted by Gasteiger charge is -2.13. The van der Waals surface area contributed by atoms with E-state index in [0.29, 0.717) is 12.2 Å². The average molecular weight is 313 g/mol. The van der Waals surface area contributed by atoms with Crippen molar-refractivity contribution in [2.75, 3.05) is 6.61 Å². The smallest absolute Gasteiger partial charge is 0.138 e. The summed E-state index contributed by atoms with van der Waals surface area (Å²) in [6.07, 6.45) is 17.8. The first-order valence-corrected chi connectivity index (χ1v) is 9.89. The first-order valence-electron chi connectivity index (χ1n) is 9.89. The monoisotopic (exact) mass is 312 g/mol. The normalized spacial score (nSPS) is 12.5. The van der Waals surface area contributed by atoms with Gasteiger partial charge in [-0.3, -0.25) is 4.79 Å².